The lowest BCUT2D eigenvalue weighted by atomic mass is 10.0. The van der Waals surface area contributed by atoms with Gasteiger partial charge in [0.2, 0.25) is 5.52 Å². The predicted octanol–water partition coefficient (Wildman–Crippen LogP) is 5.45. The summed E-state index contributed by atoms with van der Waals surface area (Å²) in [6.07, 6.45) is 1.19. The molecule has 0 bridgehead atoms. The van der Waals surface area contributed by atoms with Gasteiger partial charge in [0.1, 0.15) is 0 Å². The molecule has 0 aliphatic rings. The molecular formula is C17H25O2P. The van der Waals surface area contributed by atoms with E-state index >= 15 is 0 Å². The molecule has 1 rings (SSSR count). The highest BCUT2D eigenvalue weighted by molar-refractivity contribution is 7.83. The lowest BCUT2D eigenvalue weighted by molar-refractivity contribution is 0.107. The van der Waals surface area contributed by atoms with Crippen molar-refractivity contribution in [3.8, 4) is 0 Å². The fourth-order valence-electron chi connectivity index (χ4n) is 2.68. The largest absolute Gasteiger partial charge is 0.311 e. The van der Waals surface area contributed by atoms with Gasteiger partial charge in [-0.1, -0.05) is 30.2 Å². The van der Waals surface area contributed by atoms with E-state index in [1.807, 2.05) is 53.7 Å². The number of hydrogen-bond acceptors (Lipinski definition) is 2. The van der Waals surface area contributed by atoms with Gasteiger partial charge in [-0.05, 0) is 58.0 Å². The van der Waals surface area contributed by atoms with Crippen LogP contribution in [0, 0.1) is 20.8 Å². The van der Waals surface area contributed by atoms with E-state index < -0.39 is 7.14 Å². The highest BCUT2D eigenvalue weighted by Gasteiger charge is 2.31. The fourth-order valence-corrected chi connectivity index (χ4v) is 5.36. The van der Waals surface area contributed by atoms with Crippen LogP contribution in [0.1, 0.15) is 54.2 Å². The number of hydrogen-bond donors (Lipinski definition) is 0. The molecule has 0 radical (unpaired) electrons. The van der Waals surface area contributed by atoms with Crippen molar-refractivity contribution in [1.29, 1.82) is 0 Å². The summed E-state index contributed by atoms with van der Waals surface area (Å²) in [4.78, 5) is 12.8. The molecule has 0 aromatic heterocycles. The second-order valence-corrected chi connectivity index (χ2v) is 8.51. The van der Waals surface area contributed by atoms with Gasteiger partial charge in [-0.25, -0.2) is 0 Å². The molecule has 0 amide bonds. The summed E-state index contributed by atoms with van der Waals surface area (Å²) >= 11 is 0. The van der Waals surface area contributed by atoms with Gasteiger partial charge < -0.3 is 4.57 Å². The van der Waals surface area contributed by atoms with Crippen LogP contribution >= 0.6 is 7.14 Å². The summed E-state index contributed by atoms with van der Waals surface area (Å²) in [5.41, 5.74) is 4.37. The van der Waals surface area contributed by atoms with Crippen molar-refractivity contribution in [2.24, 2.45) is 0 Å². The third kappa shape index (κ3) is 3.70. The number of carbonyl (C=O) groups is 1. The zero-order valence-corrected chi connectivity index (χ0v) is 14.3. The monoisotopic (exact) mass is 292 g/mol. The Kier molecular flexibility index (Phi) is 5.53. The number of benzene rings is 1. The molecule has 110 valence electrons. The molecule has 1 atom stereocenters. The number of rotatable bonds is 5. The number of allylic oxidation sites excluding steroid dienone is 1. The standard InChI is InChI=1S/C17H25O2P/c1-7-8-20(19,11-12(2)3)17(18)16-14(5)9-13(4)10-15(16)6/h9-11H,7-8H2,1-6H3. The van der Waals surface area contributed by atoms with Crippen LogP contribution in [0.3, 0.4) is 0 Å². The maximum atomic E-state index is 13.1. The molecule has 0 aliphatic heterocycles. The van der Waals surface area contributed by atoms with E-state index in [1.54, 1.807) is 5.82 Å². The zero-order chi connectivity index (χ0) is 15.5. The van der Waals surface area contributed by atoms with E-state index in [0.717, 1.165) is 28.7 Å². The molecule has 0 heterocycles. The lowest BCUT2D eigenvalue weighted by Gasteiger charge is -2.17. The van der Waals surface area contributed by atoms with Gasteiger partial charge in [-0.2, -0.15) is 0 Å². The quantitative estimate of drug-likeness (QED) is 0.676. The van der Waals surface area contributed by atoms with Crippen LogP contribution in [0.15, 0.2) is 23.5 Å². The molecule has 1 aromatic carbocycles. The first-order valence-corrected chi connectivity index (χ1v) is 9.05. The van der Waals surface area contributed by atoms with Crippen molar-refractivity contribution in [2.75, 3.05) is 6.16 Å². The summed E-state index contributed by atoms with van der Waals surface area (Å²) in [5.74, 6) is 1.69. The Labute approximate surface area is 122 Å². The minimum Gasteiger partial charge on any atom is -0.311 e. The van der Waals surface area contributed by atoms with Gasteiger partial charge in [0.15, 0.2) is 7.14 Å². The smallest absolute Gasteiger partial charge is 0.225 e. The molecule has 0 N–H and O–H groups in total. The second kappa shape index (κ2) is 6.54. The van der Waals surface area contributed by atoms with Crippen molar-refractivity contribution < 1.29 is 9.36 Å². The zero-order valence-electron chi connectivity index (χ0n) is 13.4. The minimum atomic E-state index is -2.96. The highest BCUT2D eigenvalue weighted by atomic mass is 31.2. The molecule has 2 nitrogen and oxygen atoms in total. The Morgan fingerprint density at radius 3 is 2.05 bits per heavy atom. The molecule has 0 saturated carbocycles. The summed E-state index contributed by atoms with van der Waals surface area (Å²) < 4.78 is 13.1. The number of aryl methyl sites for hydroxylation is 3. The Hall–Kier alpha value is -1.14. The Balaban J connectivity index is 3.42. The van der Waals surface area contributed by atoms with Crippen molar-refractivity contribution in [3.63, 3.8) is 0 Å². The first-order chi connectivity index (χ1) is 9.21. The third-order valence-corrected chi connectivity index (χ3v) is 6.21. The van der Waals surface area contributed by atoms with Crippen LogP contribution in [0.2, 0.25) is 0 Å². The van der Waals surface area contributed by atoms with Gasteiger partial charge in [-0.15, -0.1) is 0 Å². The molecule has 1 aromatic rings. The topological polar surface area (TPSA) is 34.1 Å². The first kappa shape index (κ1) is 16.9. The van der Waals surface area contributed by atoms with Crippen molar-refractivity contribution in [2.45, 2.75) is 48.0 Å². The molecular weight excluding hydrogens is 267 g/mol. The van der Waals surface area contributed by atoms with Gasteiger partial charge in [-0.3, -0.25) is 4.79 Å². The number of carbonyl (C=O) groups excluding carboxylic acids is 1. The van der Waals surface area contributed by atoms with E-state index in [1.165, 1.54) is 0 Å². The average molecular weight is 292 g/mol. The van der Waals surface area contributed by atoms with Crippen LogP contribution < -0.4 is 0 Å². The van der Waals surface area contributed by atoms with Crippen molar-refractivity contribution >= 4 is 12.7 Å². The summed E-state index contributed by atoms with van der Waals surface area (Å²) in [7, 11) is -2.96. The van der Waals surface area contributed by atoms with E-state index in [4.69, 9.17) is 0 Å². The van der Waals surface area contributed by atoms with Crippen LogP contribution in [0.25, 0.3) is 0 Å². The van der Waals surface area contributed by atoms with Gasteiger partial charge in [0, 0.05) is 11.7 Å². The maximum Gasteiger partial charge on any atom is 0.225 e. The lowest BCUT2D eigenvalue weighted by Crippen LogP contribution is -2.07. The minimum absolute atomic E-state index is 0.185. The third-order valence-electron chi connectivity index (χ3n) is 3.26. The molecule has 0 aliphatic carbocycles. The predicted molar refractivity (Wildman–Crippen MR) is 87.2 cm³/mol. The molecule has 0 saturated heterocycles. The average Bonchev–Trinajstić information content (AvgIpc) is 2.26. The molecule has 0 fully saturated rings. The molecule has 3 heteroatoms. The van der Waals surface area contributed by atoms with Gasteiger partial charge >= 0.3 is 0 Å². The summed E-state index contributed by atoms with van der Waals surface area (Å²) in [6.45, 7) is 11.6. The van der Waals surface area contributed by atoms with E-state index in [0.29, 0.717) is 11.7 Å². The molecule has 20 heavy (non-hydrogen) atoms. The first-order valence-electron chi connectivity index (χ1n) is 7.09. The highest BCUT2D eigenvalue weighted by Crippen LogP contribution is 2.52. The second-order valence-electron chi connectivity index (χ2n) is 5.80. The van der Waals surface area contributed by atoms with Crippen molar-refractivity contribution in [3.05, 3.63) is 45.8 Å². The van der Waals surface area contributed by atoms with Crippen LogP contribution in [0.5, 0.6) is 0 Å². The van der Waals surface area contributed by atoms with Gasteiger partial charge in [0.25, 0.3) is 0 Å². The summed E-state index contributed by atoms with van der Waals surface area (Å²) in [6, 6.07) is 3.97. The van der Waals surface area contributed by atoms with Crippen LogP contribution in [0.4, 0.5) is 0 Å². The van der Waals surface area contributed by atoms with Crippen LogP contribution in [-0.2, 0) is 4.57 Å². The molecule has 0 spiro atoms. The van der Waals surface area contributed by atoms with Gasteiger partial charge in [0.05, 0.1) is 0 Å². The summed E-state index contributed by atoms with van der Waals surface area (Å²) in [5, 5.41) is 0. The Morgan fingerprint density at radius 1 is 1.15 bits per heavy atom. The fraction of sp³-hybridized carbons (Fsp3) is 0.471. The maximum absolute atomic E-state index is 13.1. The molecule has 1 unspecified atom stereocenters. The van der Waals surface area contributed by atoms with Crippen molar-refractivity contribution in [1.82, 2.24) is 0 Å². The Bertz CT molecular complexity index is 570. The Morgan fingerprint density at radius 2 is 1.65 bits per heavy atom. The SMILES string of the molecule is CCCP(=O)(C=C(C)C)C(=O)c1c(C)cc(C)cc1C. The van der Waals surface area contributed by atoms with E-state index in [2.05, 4.69) is 0 Å². The van der Waals surface area contributed by atoms with E-state index in [9.17, 15) is 9.36 Å². The normalized spacial score (nSPS) is 13.7. The van der Waals surface area contributed by atoms with E-state index in [-0.39, 0.29) is 5.52 Å². The van der Waals surface area contributed by atoms with Crippen LogP contribution in [-0.4, -0.2) is 11.7 Å².